The van der Waals surface area contributed by atoms with Crippen molar-refractivity contribution in [3.8, 4) is 0 Å². The highest BCUT2D eigenvalue weighted by molar-refractivity contribution is 6.50. The van der Waals surface area contributed by atoms with Crippen molar-refractivity contribution in [2.45, 2.75) is 19.5 Å². The summed E-state index contributed by atoms with van der Waals surface area (Å²) >= 11 is 0. The zero-order valence-corrected chi connectivity index (χ0v) is 17.6. The van der Waals surface area contributed by atoms with Crippen molar-refractivity contribution in [3.63, 3.8) is 0 Å². The van der Waals surface area contributed by atoms with Crippen molar-refractivity contribution in [2.24, 2.45) is 0 Å². The lowest BCUT2D eigenvalue weighted by Gasteiger charge is -2.06. The molecule has 2 amide bonds. The van der Waals surface area contributed by atoms with Gasteiger partial charge in [0.05, 0.1) is 17.5 Å². The van der Waals surface area contributed by atoms with E-state index in [1.807, 2.05) is 47.3 Å². The van der Waals surface area contributed by atoms with E-state index in [0.29, 0.717) is 27.8 Å². The molecule has 0 saturated carbocycles. The predicted octanol–water partition coefficient (Wildman–Crippen LogP) is 3.64. The van der Waals surface area contributed by atoms with Crippen LogP contribution in [0.5, 0.6) is 0 Å². The maximum atomic E-state index is 13.0. The Kier molecular flexibility index (Phi) is 4.43. The predicted molar refractivity (Wildman–Crippen MR) is 123 cm³/mol. The number of carbonyl (C=O) groups is 2. The molecule has 8 heteroatoms. The van der Waals surface area contributed by atoms with Crippen molar-refractivity contribution in [2.75, 3.05) is 0 Å². The summed E-state index contributed by atoms with van der Waals surface area (Å²) in [5.74, 6) is -0.840. The standard InChI is InChI=1S/C25H19N5O3/c31-23-21(22(24(32)28-23)19-14-33-25-17(19)6-3-8-27-25)18-13-30(20-7-2-1-5-16(18)20)11-4-10-29-12-9-26-15-29/h1-3,5-9,12-15H,4,10-11H2,(H,28,31,32). The van der Waals surface area contributed by atoms with Crippen molar-refractivity contribution < 1.29 is 14.0 Å². The number of carbonyl (C=O) groups excluding carboxylic acids is 2. The molecule has 1 aromatic carbocycles. The molecule has 6 rings (SSSR count). The first-order valence-corrected chi connectivity index (χ1v) is 10.7. The number of imidazole rings is 1. The summed E-state index contributed by atoms with van der Waals surface area (Å²) in [6.45, 7) is 1.60. The van der Waals surface area contributed by atoms with Gasteiger partial charge in [0.2, 0.25) is 5.71 Å². The molecule has 33 heavy (non-hydrogen) atoms. The number of amides is 2. The highest BCUT2D eigenvalue weighted by Gasteiger charge is 2.35. The van der Waals surface area contributed by atoms with Gasteiger partial charge in [-0.3, -0.25) is 14.9 Å². The molecule has 1 aliphatic rings. The number of nitrogens with zero attached hydrogens (tertiary/aromatic N) is 4. The topological polar surface area (TPSA) is 95.0 Å². The van der Waals surface area contributed by atoms with Crippen molar-refractivity contribution >= 4 is 45.0 Å². The lowest BCUT2D eigenvalue weighted by molar-refractivity contribution is -0.122. The maximum absolute atomic E-state index is 13.0. The molecule has 0 radical (unpaired) electrons. The molecule has 0 saturated heterocycles. The molecule has 1 N–H and O–H groups in total. The van der Waals surface area contributed by atoms with Crippen LogP contribution >= 0.6 is 0 Å². The fraction of sp³-hybridized carbons (Fsp3) is 0.120. The monoisotopic (exact) mass is 437 g/mol. The molecule has 0 atom stereocenters. The van der Waals surface area contributed by atoms with Crippen LogP contribution in [-0.4, -0.2) is 30.9 Å². The molecule has 5 heterocycles. The molecule has 0 spiro atoms. The van der Waals surface area contributed by atoms with Crippen LogP contribution in [0.1, 0.15) is 17.5 Å². The van der Waals surface area contributed by atoms with E-state index in [1.165, 1.54) is 6.26 Å². The average Bonchev–Trinajstić information content (AvgIpc) is 3.60. The molecule has 1 aliphatic heterocycles. The van der Waals surface area contributed by atoms with Crippen molar-refractivity contribution in [1.29, 1.82) is 0 Å². The van der Waals surface area contributed by atoms with Gasteiger partial charge in [0, 0.05) is 65.3 Å². The van der Waals surface area contributed by atoms with Crippen LogP contribution in [-0.2, 0) is 22.7 Å². The van der Waals surface area contributed by atoms with Gasteiger partial charge in [0.25, 0.3) is 11.8 Å². The van der Waals surface area contributed by atoms with Gasteiger partial charge in [0.15, 0.2) is 0 Å². The molecule has 0 unspecified atom stereocenters. The Morgan fingerprint density at radius 1 is 0.909 bits per heavy atom. The van der Waals surface area contributed by atoms with Crippen LogP contribution in [0.15, 0.2) is 78.2 Å². The second-order valence-electron chi connectivity index (χ2n) is 7.95. The third-order valence-electron chi connectivity index (χ3n) is 5.98. The minimum atomic E-state index is -0.432. The van der Waals surface area contributed by atoms with E-state index in [0.717, 1.165) is 36.0 Å². The minimum Gasteiger partial charge on any atom is -0.445 e. The lowest BCUT2D eigenvalue weighted by atomic mass is 9.96. The third-order valence-corrected chi connectivity index (χ3v) is 5.98. The highest BCUT2D eigenvalue weighted by atomic mass is 16.3. The maximum Gasteiger partial charge on any atom is 0.259 e. The molecular formula is C25H19N5O3. The SMILES string of the molecule is O=C1NC(=O)C(c2cn(CCCn3ccnc3)c3ccccc23)=C1c1coc2ncccc12. The van der Waals surface area contributed by atoms with Gasteiger partial charge in [-0.25, -0.2) is 9.97 Å². The summed E-state index contributed by atoms with van der Waals surface area (Å²) in [4.78, 5) is 34.2. The number of aryl methyl sites for hydroxylation is 2. The quantitative estimate of drug-likeness (QED) is 0.409. The Hall–Kier alpha value is -4.46. The molecule has 0 bridgehead atoms. The van der Waals surface area contributed by atoms with Crippen molar-refractivity contribution in [3.05, 3.63) is 84.9 Å². The third kappa shape index (κ3) is 3.15. The second kappa shape index (κ2) is 7.59. The number of rotatable bonds is 6. The first-order valence-electron chi connectivity index (χ1n) is 10.7. The number of nitrogens with one attached hydrogen (secondary N) is 1. The summed E-state index contributed by atoms with van der Waals surface area (Å²) in [5.41, 5.74) is 3.40. The Labute approximate surface area is 188 Å². The number of pyridine rings is 1. The van der Waals surface area contributed by atoms with Gasteiger partial charge in [0.1, 0.15) is 6.26 Å². The van der Waals surface area contributed by atoms with E-state index in [-0.39, 0.29) is 0 Å². The summed E-state index contributed by atoms with van der Waals surface area (Å²) in [6.07, 6.45) is 11.5. The molecule has 5 aromatic rings. The zero-order chi connectivity index (χ0) is 22.4. The van der Waals surface area contributed by atoms with Gasteiger partial charge >= 0.3 is 0 Å². The number of furan rings is 1. The van der Waals surface area contributed by atoms with Gasteiger partial charge in [-0.2, -0.15) is 0 Å². The van der Waals surface area contributed by atoms with Crippen LogP contribution in [0, 0.1) is 0 Å². The Morgan fingerprint density at radius 3 is 2.58 bits per heavy atom. The first kappa shape index (κ1) is 19.2. The zero-order valence-electron chi connectivity index (χ0n) is 17.6. The summed E-state index contributed by atoms with van der Waals surface area (Å²) in [5, 5.41) is 4.08. The number of benzene rings is 1. The van der Waals surface area contributed by atoms with E-state index in [1.54, 1.807) is 24.8 Å². The van der Waals surface area contributed by atoms with Crippen molar-refractivity contribution in [1.82, 2.24) is 24.4 Å². The summed E-state index contributed by atoms with van der Waals surface area (Å²) < 4.78 is 9.73. The molecule has 4 aromatic heterocycles. The normalized spacial score (nSPS) is 14.1. The molecule has 8 nitrogen and oxygen atoms in total. The van der Waals surface area contributed by atoms with Gasteiger partial charge in [-0.1, -0.05) is 18.2 Å². The number of para-hydroxylation sites is 1. The minimum absolute atomic E-state index is 0.313. The van der Waals surface area contributed by atoms with Crippen LogP contribution in [0.4, 0.5) is 0 Å². The largest absolute Gasteiger partial charge is 0.445 e. The number of aromatic nitrogens is 4. The molecule has 0 fully saturated rings. The van der Waals surface area contributed by atoms with E-state index in [2.05, 4.69) is 19.9 Å². The fourth-order valence-corrected chi connectivity index (χ4v) is 4.50. The van der Waals surface area contributed by atoms with E-state index >= 15 is 0 Å². The molecule has 162 valence electrons. The van der Waals surface area contributed by atoms with Gasteiger partial charge < -0.3 is 13.6 Å². The smallest absolute Gasteiger partial charge is 0.259 e. The Morgan fingerprint density at radius 2 is 1.73 bits per heavy atom. The number of fused-ring (bicyclic) bond motifs is 2. The van der Waals surface area contributed by atoms with Crippen LogP contribution in [0.3, 0.4) is 0 Å². The van der Waals surface area contributed by atoms with E-state index in [9.17, 15) is 9.59 Å². The summed E-state index contributed by atoms with van der Waals surface area (Å²) in [6, 6.07) is 11.5. The fourth-order valence-electron chi connectivity index (χ4n) is 4.50. The lowest BCUT2D eigenvalue weighted by Crippen LogP contribution is -2.22. The Balaban J connectivity index is 1.48. The van der Waals surface area contributed by atoms with Crippen LogP contribution in [0.2, 0.25) is 0 Å². The van der Waals surface area contributed by atoms with E-state index < -0.39 is 11.8 Å². The Bertz CT molecular complexity index is 1560. The van der Waals surface area contributed by atoms with E-state index in [4.69, 9.17) is 4.42 Å². The first-order chi connectivity index (χ1) is 16.2. The van der Waals surface area contributed by atoms with Gasteiger partial charge in [-0.15, -0.1) is 0 Å². The van der Waals surface area contributed by atoms with Gasteiger partial charge in [-0.05, 0) is 24.6 Å². The number of imide groups is 1. The number of hydrogen-bond acceptors (Lipinski definition) is 5. The molecular weight excluding hydrogens is 418 g/mol. The second-order valence-corrected chi connectivity index (χ2v) is 7.95. The average molecular weight is 437 g/mol. The summed E-state index contributed by atoms with van der Waals surface area (Å²) in [7, 11) is 0. The van der Waals surface area contributed by atoms with Crippen LogP contribution in [0.25, 0.3) is 33.1 Å². The highest BCUT2D eigenvalue weighted by Crippen LogP contribution is 2.38. The van der Waals surface area contributed by atoms with Crippen LogP contribution < -0.4 is 5.32 Å². The number of hydrogen-bond donors (Lipinski definition) is 1. The molecule has 0 aliphatic carbocycles.